The van der Waals surface area contributed by atoms with Crippen LogP contribution in [0.4, 0.5) is 14.9 Å². The zero-order chi connectivity index (χ0) is 26.5. The molecule has 2 fully saturated rings. The molecule has 7 nitrogen and oxygen atoms in total. The Morgan fingerprint density at radius 3 is 2.41 bits per heavy atom. The monoisotopic (exact) mass is 511 g/mol. The molecule has 0 unspecified atom stereocenters. The van der Waals surface area contributed by atoms with Crippen molar-refractivity contribution in [2.24, 2.45) is 5.92 Å². The van der Waals surface area contributed by atoms with Gasteiger partial charge in [0.1, 0.15) is 11.6 Å². The van der Waals surface area contributed by atoms with E-state index in [9.17, 15) is 19.1 Å². The lowest BCUT2D eigenvalue weighted by atomic mass is 9.86. The third kappa shape index (κ3) is 6.60. The average molecular weight is 512 g/mol. The summed E-state index contributed by atoms with van der Waals surface area (Å²) in [5, 5.41) is 9.42. The van der Waals surface area contributed by atoms with Crippen LogP contribution < -0.4 is 9.64 Å². The van der Waals surface area contributed by atoms with E-state index in [1.807, 2.05) is 20.0 Å². The number of benzene rings is 2. The van der Waals surface area contributed by atoms with Gasteiger partial charge in [-0.2, -0.15) is 0 Å². The van der Waals surface area contributed by atoms with Crippen molar-refractivity contribution >= 4 is 17.7 Å². The smallest absolute Gasteiger partial charge is 0.407 e. The molecule has 8 heteroatoms. The fourth-order valence-corrected chi connectivity index (χ4v) is 5.51. The first-order valence-corrected chi connectivity index (χ1v) is 13.3. The predicted octanol–water partition coefficient (Wildman–Crippen LogP) is 5.31. The van der Waals surface area contributed by atoms with E-state index in [0.29, 0.717) is 12.3 Å². The van der Waals surface area contributed by atoms with Gasteiger partial charge in [0.05, 0.1) is 6.10 Å². The quantitative estimate of drug-likeness (QED) is 0.546. The van der Waals surface area contributed by atoms with Crippen LogP contribution in [0.5, 0.6) is 5.75 Å². The summed E-state index contributed by atoms with van der Waals surface area (Å²) in [6.45, 7) is 6.85. The van der Waals surface area contributed by atoms with Gasteiger partial charge < -0.3 is 19.6 Å². The number of carbonyl (C=O) groups excluding carboxylic acids is 1. The summed E-state index contributed by atoms with van der Waals surface area (Å²) in [7, 11) is 1.84. The lowest BCUT2D eigenvalue weighted by Gasteiger charge is -2.39. The molecule has 2 aromatic carbocycles. The topological polar surface area (TPSA) is 73.3 Å². The van der Waals surface area contributed by atoms with Crippen molar-refractivity contribution in [3.63, 3.8) is 0 Å². The van der Waals surface area contributed by atoms with Crippen LogP contribution in [0.3, 0.4) is 0 Å². The van der Waals surface area contributed by atoms with E-state index in [0.717, 1.165) is 63.0 Å². The number of aryl methyl sites for hydroxylation is 1. The van der Waals surface area contributed by atoms with Gasteiger partial charge in [0.2, 0.25) is 5.91 Å². The third-order valence-electron chi connectivity index (χ3n) is 7.86. The lowest BCUT2D eigenvalue weighted by Crippen LogP contribution is -2.54. The van der Waals surface area contributed by atoms with Crippen molar-refractivity contribution < 1.29 is 23.8 Å². The Kier molecular flexibility index (Phi) is 8.69. The number of anilines is 1. The van der Waals surface area contributed by atoms with Crippen molar-refractivity contribution in [3.05, 3.63) is 59.4 Å². The molecule has 2 aromatic rings. The molecule has 0 aromatic heterocycles. The van der Waals surface area contributed by atoms with Crippen LogP contribution in [-0.4, -0.2) is 65.7 Å². The average Bonchev–Trinajstić information content (AvgIpc) is 2.90. The lowest BCUT2D eigenvalue weighted by molar-refractivity contribution is -0.123. The van der Waals surface area contributed by atoms with Crippen LogP contribution in [-0.2, 0) is 11.3 Å². The summed E-state index contributed by atoms with van der Waals surface area (Å²) < 4.78 is 19.1. The van der Waals surface area contributed by atoms with Gasteiger partial charge in [-0.05, 0) is 86.6 Å². The first-order chi connectivity index (χ1) is 17.7. The van der Waals surface area contributed by atoms with E-state index < -0.39 is 6.09 Å². The molecule has 2 aliphatic rings. The SMILES string of the molecule is CC[C@H]1CN(Cc2ccc(N(C)C(=O)[C@H]3CC[C@H](Oc4ccc(F)cc4)CC3)cc2C)CCN1C(=O)O. The van der Waals surface area contributed by atoms with Crippen LogP contribution in [0, 0.1) is 18.7 Å². The maximum atomic E-state index is 13.3. The van der Waals surface area contributed by atoms with Crippen molar-refractivity contribution in [1.29, 1.82) is 0 Å². The van der Waals surface area contributed by atoms with Gasteiger partial charge in [0.25, 0.3) is 0 Å². The standard InChI is InChI=1S/C29H38FN3O4/c1-4-24-19-32(15-16-33(24)29(35)36)18-22-5-10-25(17-20(22)2)31(3)28(34)21-6-11-26(12-7-21)37-27-13-8-23(30)9-14-27/h5,8-10,13-14,17,21,24,26H,4,6-7,11-12,15-16,18-19H2,1-3H3,(H,35,36)/t21-,24-,26-/m0/s1. The number of amides is 2. The molecule has 1 atom stereocenters. The molecule has 0 radical (unpaired) electrons. The molecule has 1 N–H and O–H groups in total. The second kappa shape index (κ2) is 11.9. The summed E-state index contributed by atoms with van der Waals surface area (Å²) in [4.78, 5) is 30.4. The molecule has 4 rings (SSSR count). The number of carbonyl (C=O) groups is 2. The number of nitrogens with zero attached hydrogens (tertiary/aromatic N) is 3. The summed E-state index contributed by atoms with van der Waals surface area (Å²) in [6, 6.07) is 12.3. The molecule has 2 amide bonds. The van der Waals surface area contributed by atoms with Crippen LogP contribution in [0.1, 0.15) is 50.2 Å². The van der Waals surface area contributed by atoms with Crippen molar-refractivity contribution in [2.75, 3.05) is 31.6 Å². The molecule has 1 saturated heterocycles. The highest BCUT2D eigenvalue weighted by molar-refractivity contribution is 5.94. The Bertz CT molecular complexity index is 1090. The van der Waals surface area contributed by atoms with Crippen LogP contribution in [0.15, 0.2) is 42.5 Å². The minimum absolute atomic E-state index is 0.0192. The largest absolute Gasteiger partial charge is 0.490 e. The number of hydrogen-bond acceptors (Lipinski definition) is 4. The van der Waals surface area contributed by atoms with Crippen LogP contribution in [0.25, 0.3) is 0 Å². The first-order valence-electron chi connectivity index (χ1n) is 13.3. The fourth-order valence-electron chi connectivity index (χ4n) is 5.51. The summed E-state index contributed by atoms with van der Waals surface area (Å²) >= 11 is 0. The van der Waals surface area contributed by atoms with Crippen LogP contribution in [0.2, 0.25) is 0 Å². The van der Waals surface area contributed by atoms with Gasteiger partial charge in [-0.25, -0.2) is 9.18 Å². The van der Waals surface area contributed by atoms with Gasteiger partial charge in [-0.3, -0.25) is 9.69 Å². The zero-order valence-electron chi connectivity index (χ0n) is 22.0. The minimum Gasteiger partial charge on any atom is -0.490 e. The van der Waals surface area contributed by atoms with Crippen molar-refractivity contribution in [1.82, 2.24) is 9.80 Å². The maximum absolute atomic E-state index is 13.3. The number of carboxylic acid groups (broad SMARTS) is 1. The van der Waals surface area contributed by atoms with Gasteiger partial charge in [0.15, 0.2) is 0 Å². The van der Waals surface area contributed by atoms with Gasteiger partial charge in [-0.15, -0.1) is 0 Å². The third-order valence-corrected chi connectivity index (χ3v) is 7.86. The number of rotatable bonds is 7. The number of piperazine rings is 1. The van der Waals surface area contributed by atoms with Gasteiger partial charge in [-0.1, -0.05) is 13.0 Å². The summed E-state index contributed by atoms with van der Waals surface area (Å²) in [5.74, 6) is 0.479. The van der Waals surface area contributed by atoms with Gasteiger partial charge >= 0.3 is 6.09 Å². The van der Waals surface area contributed by atoms with E-state index in [-0.39, 0.29) is 29.8 Å². The van der Waals surface area contributed by atoms with E-state index in [1.165, 1.54) is 17.7 Å². The van der Waals surface area contributed by atoms with Crippen LogP contribution >= 0.6 is 0 Å². The first kappa shape index (κ1) is 26.9. The molecule has 0 bridgehead atoms. The Labute approximate surface area is 218 Å². The number of hydrogen-bond donors (Lipinski definition) is 1. The van der Waals surface area contributed by atoms with E-state index in [2.05, 4.69) is 24.0 Å². The van der Waals surface area contributed by atoms with E-state index >= 15 is 0 Å². The Morgan fingerprint density at radius 2 is 1.78 bits per heavy atom. The normalized spacial score (nSPS) is 22.5. The molecule has 37 heavy (non-hydrogen) atoms. The predicted molar refractivity (Wildman–Crippen MR) is 141 cm³/mol. The Morgan fingerprint density at radius 1 is 1.08 bits per heavy atom. The zero-order valence-corrected chi connectivity index (χ0v) is 22.0. The van der Waals surface area contributed by atoms with Crippen molar-refractivity contribution in [2.45, 2.75) is 64.6 Å². The van der Waals surface area contributed by atoms with E-state index in [1.54, 1.807) is 21.9 Å². The molecule has 1 aliphatic carbocycles. The second-order valence-electron chi connectivity index (χ2n) is 10.3. The highest BCUT2D eigenvalue weighted by Crippen LogP contribution is 2.31. The molecule has 1 heterocycles. The fraction of sp³-hybridized carbons (Fsp3) is 0.517. The molecule has 200 valence electrons. The highest BCUT2D eigenvalue weighted by Gasteiger charge is 2.31. The van der Waals surface area contributed by atoms with E-state index in [4.69, 9.17) is 4.74 Å². The molecular weight excluding hydrogens is 473 g/mol. The Balaban J connectivity index is 1.30. The van der Waals surface area contributed by atoms with Gasteiger partial charge in [0, 0.05) is 50.9 Å². The minimum atomic E-state index is -0.839. The second-order valence-corrected chi connectivity index (χ2v) is 10.3. The molecule has 0 spiro atoms. The highest BCUT2D eigenvalue weighted by atomic mass is 19.1. The maximum Gasteiger partial charge on any atom is 0.407 e. The molecule has 1 aliphatic heterocycles. The van der Waals surface area contributed by atoms with Crippen molar-refractivity contribution in [3.8, 4) is 5.75 Å². The Hall–Kier alpha value is -3.13. The number of halogens is 1. The molecular formula is C29H38FN3O4. The summed E-state index contributed by atoms with van der Waals surface area (Å²) in [5.41, 5.74) is 3.21. The molecule has 1 saturated carbocycles. The number of ether oxygens (including phenoxy) is 1. The summed E-state index contributed by atoms with van der Waals surface area (Å²) in [6.07, 6.45) is 3.15.